The molecule has 9 nitrogen and oxygen atoms in total. The number of carbonyl (C=O) groups is 3. The molecule has 10 heteroatoms. The van der Waals surface area contributed by atoms with Crippen molar-refractivity contribution in [2.24, 2.45) is 0 Å². The number of benzene rings is 2. The summed E-state index contributed by atoms with van der Waals surface area (Å²) in [6.07, 6.45) is 2.97. The largest absolute Gasteiger partial charge is 0.336 e. The minimum atomic E-state index is -3.61. The van der Waals surface area contributed by atoms with Gasteiger partial charge < -0.3 is 10.2 Å². The Kier molecular flexibility index (Phi) is 5.86. The predicted molar refractivity (Wildman–Crippen MR) is 124 cm³/mol. The van der Waals surface area contributed by atoms with Crippen molar-refractivity contribution in [1.29, 1.82) is 0 Å². The van der Waals surface area contributed by atoms with Crippen molar-refractivity contribution >= 4 is 27.9 Å². The maximum absolute atomic E-state index is 13.2. The maximum atomic E-state index is 13.2. The number of sulfonamides is 1. The highest BCUT2D eigenvalue weighted by Crippen LogP contribution is 2.27. The number of rotatable bonds is 5. The van der Waals surface area contributed by atoms with Crippen molar-refractivity contribution in [3.8, 4) is 0 Å². The first-order valence-corrected chi connectivity index (χ1v) is 12.9. The van der Waals surface area contributed by atoms with Gasteiger partial charge in [0.15, 0.2) is 0 Å². The topological polar surface area (TPSA) is 107 Å². The zero-order valence-corrected chi connectivity index (χ0v) is 19.5. The SMILES string of the molecule is O=C(c1cccc(CN2C(=O)CNC2=O)c1)N1CCN(S(=O)(=O)c2ccc3c(c2)CCC3)CC1. The van der Waals surface area contributed by atoms with Gasteiger partial charge >= 0.3 is 6.03 Å². The number of fused-ring (bicyclic) bond motifs is 1. The van der Waals surface area contributed by atoms with E-state index in [-0.39, 0.29) is 38.0 Å². The molecule has 2 aliphatic heterocycles. The first kappa shape index (κ1) is 22.5. The fourth-order valence-corrected chi connectivity index (χ4v) is 6.25. The average molecular weight is 483 g/mol. The van der Waals surface area contributed by atoms with Crippen LogP contribution in [0.25, 0.3) is 0 Å². The van der Waals surface area contributed by atoms with Gasteiger partial charge in [0.2, 0.25) is 15.9 Å². The van der Waals surface area contributed by atoms with Crippen LogP contribution in [0.4, 0.5) is 4.79 Å². The average Bonchev–Trinajstić information content (AvgIpc) is 3.45. The predicted octanol–water partition coefficient (Wildman–Crippen LogP) is 1.37. The molecule has 2 heterocycles. The molecule has 0 bridgehead atoms. The highest BCUT2D eigenvalue weighted by molar-refractivity contribution is 7.89. The lowest BCUT2D eigenvalue weighted by molar-refractivity contribution is -0.125. The van der Waals surface area contributed by atoms with Crippen LogP contribution in [-0.4, -0.2) is 73.1 Å². The van der Waals surface area contributed by atoms with Crippen molar-refractivity contribution in [3.63, 3.8) is 0 Å². The number of piperazine rings is 1. The van der Waals surface area contributed by atoms with Gasteiger partial charge in [-0.2, -0.15) is 4.31 Å². The zero-order chi connectivity index (χ0) is 23.9. The van der Waals surface area contributed by atoms with Crippen LogP contribution in [-0.2, 0) is 34.2 Å². The van der Waals surface area contributed by atoms with E-state index in [1.54, 1.807) is 41.3 Å². The molecule has 1 aliphatic carbocycles. The van der Waals surface area contributed by atoms with Gasteiger partial charge in [-0.05, 0) is 60.2 Å². The van der Waals surface area contributed by atoms with Crippen LogP contribution < -0.4 is 5.32 Å². The molecule has 2 fully saturated rings. The van der Waals surface area contributed by atoms with Gasteiger partial charge in [0.1, 0.15) is 0 Å². The van der Waals surface area contributed by atoms with Crippen molar-refractivity contribution in [1.82, 2.24) is 19.4 Å². The molecule has 0 saturated carbocycles. The highest BCUT2D eigenvalue weighted by Gasteiger charge is 2.32. The van der Waals surface area contributed by atoms with E-state index < -0.39 is 16.1 Å². The normalized spacial score (nSPS) is 18.8. The van der Waals surface area contributed by atoms with Gasteiger partial charge in [-0.3, -0.25) is 14.5 Å². The summed E-state index contributed by atoms with van der Waals surface area (Å²) in [6, 6.07) is 11.8. The third kappa shape index (κ3) is 4.19. The Bertz CT molecular complexity index is 1250. The van der Waals surface area contributed by atoms with Gasteiger partial charge in [0, 0.05) is 31.7 Å². The fraction of sp³-hybridized carbons (Fsp3) is 0.375. The second-order valence-electron chi connectivity index (χ2n) is 8.82. The summed E-state index contributed by atoms with van der Waals surface area (Å²) in [4.78, 5) is 39.8. The van der Waals surface area contributed by atoms with Gasteiger partial charge in [-0.1, -0.05) is 18.2 Å². The van der Waals surface area contributed by atoms with E-state index in [0.717, 1.165) is 29.7 Å². The number of nitrogens with one attached hydrogen (secondary N) is 1. The van der Waals surface area contributed by atoms with E-state index in [9.17, 15) is 22.8 Å². The second kappa shape index (κ2) is 8.84. The smallest absolute Gasteiger partial charge is 0.324 e. The van der Waals surface area contributed by atoms with E-state index in [0.29, 0.717) is 29.1 Å². The van der Waals surface area contributed by atoms with Crippen LogP contribution in [0.3, 0.4) is 0 Å². The van der Waals surface area contributed by atoms with E-state index in [1.807, 2.05) is 6.07 Å². The first-order chi connectivity index (χ1) is 16.3. The van der Waals surface area contributed by atoms with Crippen LogP contribution in [0.5, 0.6) is 0 Å². The summed E-state index contributed by atoms with van der Waals surface area (Å²) in [5.41, 5.74) is 3.46. The number of carbonyl (C=O) groups excluding carboxylic acids is 3. The summed E-state index contributed by atoms with van der Waals surface area (Å²) in [5.74, 6) is -0.504. The molecule has 0 aromatic heterocycles. The van der Waals surface area contributed by atoms with E-state index in [4.69, 9.17) is 0 Å². The zero-order valence-electron chi connectivity index (χ0n) is 18.7. The molecule has 0 radical (unpaired) electrons. The lowest BCUT2D eigenvalue weighted by Gasteiger charge is -2.34. The molecular formula is C24H26N4O5S. The molecule has 2 aromatic carbocycles. The van der Waals surface area contributed by atoms with E-state index >= 15 is 0 Å². The minimum Gasteiger partial charge on any atom is -0.336 e. The number of aryl methyl sites for hydroxylation is 2. The standard InChI is InChI=1S/C24H26N4O5S/c29-22-15-25-24(31)28(22)16-17-3-1-6-20(13-17)23(30)26-9-11-27(12-10-26)34(32,33)21-8-7-18-4-2-5-19(18)14-21/h1,3,6-8,13-14H,2,4-5,9-12,15-16H2,(H,25,31). The third-order valence-electron chi connectivity index (χ3n) is 6.69. The number of imide groups is 1. The van der Waals surface area contributed by atoms with Crippen molar-refractivity contribution in [2.45, 2.75) is 30.7 Å². The van der Waals surface area contributed by atoms with E-state index in [1.165, 1.54) is 9.87 Å². The Morgan fingerprint density at radius 2 is 1.71 bits per heavy atom. The molecular weight excluding hydrogens is 456 g/mol. The molecule has 0 unspecified atom stereocenters. The van der Waals surface area contributed by atoms with Crippen molar-refractivity contribution in [2.75, 3.05) is 32.7 Å². The van der Waals surface area contributed by atoms with Crippen LogP contribution >= 0.6 is 0 Å². The van der Waals surface area contributed by atoms with Crippen LogP contribution in [0.2, 0.25) is 0 Å². The molecule has 34 heavy (non-hydrogen) atoms. The number of amides is 4. The molecule has 0 spiro atoms. The lowest BCUT2D eigenvalue weighted by Crippen LogP contribution is -2.50. The Balaban J connectivity index is 1.24. The molecule has 0 atom stereocenters. The highest BCUT2D eigenvalue weighted by atomic mass is 32.2. The van der Waals surface area contributed by atoms with Crippen LogP contribution in [0, 0.1) is 0 Å². The van der Waals surface area contributed by atoms with Crippen molar-refractivity contribution in [3.05, 3.63) is 64.7 Å². The van der Waals surface area contributed by atoms with Gasteiger partial charge in [0.25, 0.3) is 5.91 Å². The number of nitrogens with zero attached hydrogens (tertiary/aromatic N) is 3. The summed E-state index contributed by atoms with van der Waals surface area (Å²) < 4.78 is 27.8. The summed E-state index contributed by atoms with van der Waals surface area (Å²) in [6.45, 7) is 1.12. The van der Waals surface area contributed by atoms with Gasteiger partial charge in [-0.15, -0.1) is 0 Å². The molecule has 5 rings (SSSR count). The van der Waals surface area contributed by atoms with E-state index in [2.05, 4.69) is 5.32 Å². The quantitative estimate of drug-likeness (QED) is 0.648. The molecule has 178 valence electrons. The lowest BCUT2D eigenvalue weighted by atomic mass is 10.1. The molecule has 1 N–H and O–H groups in total. The number of hydrogen-bond donors (Lipinski definition) is 1. The number of urea groups is 1. The summed E-state index contributed by atoms with van der Waals surface area (Å²) in [5, 5.41) is 2.48. The van der Waals surface area contributed by atoms with Crippen LogP contribution in [0.15, 0.2) is 47.4 Å². The minimum absolute atomic E-state index is 0.0178. The Labute approximate surface area is 198 Å². The molecule has 3 aliphatic rings. The first-order valence-electron chi connectivity index (χ1n) is 11.4. The van der Waals surface area contributed by atoms with Gasteiger partial charge in [0.05, 0.1) is 18.0 Å². The van der Waals surface area contributed by atoms with Crippen LogP contribution in [0.1, 0.15) is 33.5 Å². The Morgan fingerprint density at radius 1 is 0.941 bits per heavy atom. The number of hydrogen-bond acceptors (Lipinski definition) is 5. The fourth-order valence-electron chi connectivity index (χ4n) is 4.77. The summed E-state index contributed by atoms with van der Waals surface area (Å²) >= 11 is 0. The monoisotopic (exact) mass is 482 g/mol. The third-order valence-corrected chi connectivity index (χ3v) is 8.58. The Hall–Kier alpha value is -3.24. The Morgan fingerprint density at radius 3 is 2.44 bits per heavy atom. The molecule has 4 amide bonds. The second-order valence-corrected chi connectivity index (χ2v) is 10.8. The summed E-state index contributed by atoms with van der Waals surface area (Å²) in [7, 11) is -3.61. The molecule has 2 saturated heterocycles. The molecule has 2 aromatic rings. The maximum Gasteiger partial charge on any atom is 0.324 e. The van der Waals surface area contributed by atoms with Gasteiger partial charge in [-0.25, -0.2) is 13.2 Å². The van der Waals surface area contributed by atoms with Crippen molar-refractivity contribution < 1.29 is 22.8 Å².